The summed E-state index contributed by atoms with van der Waals surface area (Å²) in [6.07, 6.45) is -2.52. The van der Waals surface area contributed by atoms with E-state index < -0.39 is 12.7 Å². The van der Waals surface area contributed by atoms with Crippen molar-refractivity contribution in [1.82, 2.24) is 10.3 Å². The average Bonchev–Trinajstić information content (AvgIpc) is 3.01. The fourth-order valence-electron chi connectivity index (χ4n) is 1.75. The highest BCUT2D eigenvalue weighted by atomic mass is 32.1. The minimum absolute atomic E-state index is 0.0127. The summed E-state index contributed by atoms with van der Waals surface area (Å²) in [5.41, 5.74) is 0.807. The number of thiazole rings is 1. The van der Waals surface area contributed by atoms with Gasteiger partial charge in [-0.15, -0.1) is 11.3 Å². The third kappa shape index (κ3) is 4.65. The number of anilines is 1. The molecule has 0 aromatic carbocycles. The van der Waals surface area contributed by atoms with Gasteiger partial charge in [-0.3, -0.25) is 0 Å². The fourth-order valence-corrected chi connectivity index (χ4v) is 2.65. The van der Waals surface area contributed by atoms with E-state index in [1.807, 2.05) is 19.2 Å². The molecule has 2 rings (SSSR count). The van der Waals surface area contributed by atoms with E-state index >= 15 is 0 Å². The van der Waals surface area contributed by atoms with Crippen molar-refractivity contribution >= 4 is 16.5 Å². The van der Waals surface area contributed by atoms with Crippen LogP contribution in [0.4, 0.5) is 18.3 Å². The first kappa shape index (κ1) is 14.6. The van der Waals surface area contributed by atoms with Crippen molar-refractivity contribution in [3.05, 3.63) is 11.1 Å². The molecule has 0 amide bonds. The smallest absolute Gasteiger partial charge is 0.336 e. The largest absolute Gasteiger partial charge is 0.406 e. The molecule has 1 aliphatic carbocycles. The Bertz CT molecular complexity index is 413. The summed E-state index contributed by atoms with van der Waals surface area (Å²) in [6, 6.07) is 0.346. The molecule has 1 aromatic heterocycles. The zero-order chi connectivity index (χ0) is 14.0. The molecule has 0 radical (unpaired) electrons. The molecule has 3 nitrogen and oxygen atoms in total. The molecular weight excluding hydrogens is 275 g/mol. The lowest BCUT2D eigenvalue weighted by molar-refractivity contribution is -0.120. The number of aromatic nitrogens is 1. The van der Waals surface area contributed by atoms with Gasteiger partial charge in [0, 0.05) is 24.0 Å². The maximum Gasteiger partial charge on any atom is 0.406 e. The Morgan fingerprint density at radius 2 is 2.16 bits per heavy atom. The Morgan fingerprint density at radius 1 is 1.47 bits per heavy atom. The quantitative estimate of drug-likeness (QED) is 0.873. The third-order valence-electron chi connectivity index (χ3n) is 2.81. The van der Waals surface area contributed by atoms with Gasteiger partial charge in [-0.2, -0.15) is 13.2 Å². The van der Waals surface area contributed by atoms with Crippen molar-refractivity contribution < 1.29 is 13.2 Å². The van der Waals surface area contributed by atoms with E-state index in [1.54, 1.807) is 0 Å². The summed E-state index contributed by atoms with van der Waals surface area (Å²) >= 11 is 1.29. The van der Waals surface area contributed by atoms with Crippen LogP contribution >= 0.6 is 11.3 Å². The van der Waals surface area contributed by atoms with E-state index in [0.717, 1.165) is 18.5 Å². The first-order chi connectivity index (χ1) is 8.85. The van der Waals surface area contributed by atoms with Crippen LogP contribution in [0.3, 0.4) is 0 Å². The number of nitrogens with zero attached hydrogens (tertiary/aromatic N) is 2. The van der Waals surface area contributed by atoms with E-state index in [9.17, 15) is 13.2 Å². The molecule has 1 aliphatic rings. The van der Waals surface area contributed by atoms with Crippen molar-refractivity contribution in [3.8, 4) is 0 Å². The summed E-state index contributed by atoms with van der Waals surface area (Å²) in [5, 5.41) is 5.53. The van der Waals surface area contributed by atoms with E-state index in [4.69, 9.17) is 0 Å². The van der Waals surface area contributed by atoms with Crippen molar-refractivity contribution in [1.29, 1.82) is 0 Å². The minimum atomic E-state index is -4.18. The van der Waals surface area contributed by atoms with E-state index in [0.29, 0.717) is 17.7 Å². The van der Waals surface area contributed by atoms with Gasteiger partial charge in [0.15, 0.2) is 5.13 Å². The molecule has 1 heterocycles. The highest BCUT2D eigenvalue weighted by Crippen LogP contribution is 2.35. The highest BCUT2D eigenvalue weighted by molar-refractivity contribution is 7.13. The lowest BCUT2D eigenvalue weighted by Gasteiger charge is -2.22. The Kier molecular flexibility index (Phi) is 4.35. The molecule has 1 N–H and O–H groups in total. The van der Waals surface area contributed by atoms with Crippen LogP contribution in [0.15, 0.2) is 5.38 Å². The maximum atomic E-state index is 12.6. The molecular formula is C12H18F3N3S. The number of hydrogen-bond acceptors (Lipinski definition) is 4. The number of alkyl halides is 3. The van der Waals surface area contributed by atoms with Gasteiger partial charge < -0.3 is 10.2 Å². The SMILES string of the molecule is CC(C)NCc1csc(N(CC(F)(F)F)C2CC2)n1. The van der Waals surface area contributed by atoms with Crippen LogP contribution < -0.4 is 10.2 Å². The van der Waals surface area contributed by atoms with Crippen LogP contribution in [0, 0.1) is 0 Å². The molecule has 0 bridgehead atoms. The predicted molar refractivity (Wildman–Crippen MR) is 70.5 cm³/mol. The third-order valence-corrected chi connectivity index (χ3v) is 3.74. The second kappa shape index (κ2) is 5.66. The van der Waals surface area contributed by atoms with Crippen molar-refractivity contribution in [2.75, 3.05) is 11.4 Å². The number of hydrogen-bond donors (Lipinski definition) is 1. The summed E-state index contributed by atoms with van der Waals surface area (Å²) in [4.78, 5) is 5.70. The van der Waals surface area contributed by atoms with Crippen LogP contribution in [0.1, 0.15) is 32.4 Å². The van der Waals surface area contributed by atoms with Gasteiger partial charge in [-0.25, -0.2) is 4.98 Å². The van der Waals surface area contributed by atoms with Crippen LogP contribution in [0.5, 0.6) is 0 Å². The molecule has 0 atom stereocenters. The van der Waals surface area contributed by atoms with Crippen LogP contribution in [-0.2, 0) is 6.54 Å². The molecule has 0 unspecified atom stereocenters. The van der Waals surface area contributed by atoms with Crippen molar-refractivity contribution in [2.45, 2.75) is 51.5 Å². The topological polar surface area (TPSA) is 28.2 Å². The van der Waals surface area contributed by atoms with E-state index in [1.165, 1.54) is 16.2 Å². The van der Waals surface area contributed by atoms with Crippen LogP contribution in [0.25, 0.3) is 0 Å². The fraction of sp³-hybridized carbons (Fsp3) is 0.750. The van der Waals surface area contributed by atoms with E-state index in [-0.39, 0.29) is 6.04 Å². The molecule has 0 spiro atoms. The normalized spacial score (nSPS) is 16.1. The first-order valence-corrected chi connectivity index (χ1v) is 7.24. The molecule has 19 heavy (non-hydrogen) atoms. The second-order valence-electron chi connectivity index (χ2n) is 5.13. The molecule has 0 aliphatic heterocycles. The zero-order valence-corrected chi connectivity index (χ0v) is 11.8. The molecule has 0 saturated heterocycles. The average molecular weight is 293 g/mol. The molecule has 1 aromatic rings. The summed E-state index contributed by atoms with van der Waals surface area (Å²) in [5.74, 6) is 0. The Labute approximate surface area is 114 Å². The maximum absolute atomic E-state index is 12.6. The Hall–Kier alpha value is -0.820. The molecule has 7 heteroatoms. The minimum Gasteiger partial charge on any atom is -0.336 e. The summed E-state index contributed by atoms with van der Waals surface area (Å²) in [6.45, 7) is 3.74. The number of rotatable bonds is 6. The monoisotopic (exact) mass is 293 g/mol. The van der Waals surface area contributed by atoms with Crippen molar-refractivity contribution in [3.63, 3.8) is 0 Å². The van der Waals surface area contributed by atoms with Gasteiger partial charge in [-0.05, 0) is 12.8 Å². The van der Waals surface area contributed by atoms with Gasteiger partial charge in [0.05, 0.1) is 5.69 Å². The highest BCUT2D eigenvalue weighted by Gasteiger charge is 2.39. The second-order valence-corrected chi connectivity index (χ2v) is 5.97. The Morgan fingerprint density at radius 3 is 2.68 bits per heavy atom. The van der Waals surface area contributed by atoms with Gasteiger partial charge in [0.2, 0.25) is 0 Å². The molecule has 1 saturated carbocycles. The van der Waals surface area contributed by atoms with Gasteiger partial charge in [0.1, 0.15) is 6.54 Å². The standard InChI is InChI=1S/C12H18F3N3S/c1-8(2)16-5-9-6-19-11(17-9)18(10-3-4-10)7-12(13,14)15/h6,8,10,16H,3-5,7H2,1-2H3. The predicted octanol–water partition coefficient (Wildman–Crippen LogP) is 3.17. The van der Waals surface area contributed by atoms with Gasteiger partial charge >= 0.3 is 6.18 Å². The van der Waals surface area contributed by atoms with Crippen molar-refractivity contribution in [2.24, 2.45) is 0 Å². The Balaban J connectivity index is 2.01. The first-order valence-electron chi connectivity index (χ1n) is 6.36. The van der Waals surface area contributed by atoms with Gasteiger partial charge in [0.25, 0.3) is 0 Å². The van der Waals surface area contributed by atoms with Crippen LogP contribution in [0.2, 0.25) is 0 Å². The van der Waals surface area contributed by atoms with Gasteiger partial charge in [-0.1, -0.05) is 13.8 Å². The molecule has 108 valence electrons. The molecule has 1 fully saturated rings. The van der Waals surface area contributed by atoms with Crippen LogP contribution in [-0.4, -0.2) is 29.8 Å². The van der Waals surface area contributed by atoms with E-state index in [2.05, 4.69) is 10.3 Å². The lowest BCUT2D eigenvalue weighted by Crippen LogP contribution is -2.36. The lowest BCUT2D eigenvalue weighted by atomic mass is 10.4. The number of nitrogens with one attached hydrogen (secondary N) is 1. The summed E-state index contributed by atoms with van der Waals surface area (Å²) < 4.78 is 37.7. The zero-order valence-electron chi connectivity index (χ0n) is 11.0. The number of halogens is 3. The summed E-state index contributed by atoms with van der Waals surface area (Å²) in [7, 11) is 0.